The van der Waals surface area contributed by atoms with Crippen LogP contribution in [0.1, 0.15) is 54.5 Å². The van der Waals surface area contributed by atoms with Crippen LogP contribution >= 0.6 is 11.3 Å². The highest BCUT2D eigenvalue weighted by Crippen LogP contribution is 2.22. The first-order valence-corrected chi connectivity index (χ1v) is 8.81. The molecule has 1 N–H and O–H groups in total. The summed E-state index contributed by atoms with van der Waals surface area (Å²) in [5.74, 6) is 0.170. The van der Waals surface area contributed by atoms with Crippen molar-refractivity contribution in [3.05, 3.63) is 40.4 Å². The van der Waals surface area contributed by atoms with Crippen LogP contribution in [0.25, 0.3) is 0 Å². The minimum atomic E-state index is -0.147. The normalized spacial score (nSPS) is 11.2. The van der Waals surface area contributed by atoms with Gasteiger partial charge in [-0.15, -0.1) is 10.2 Å². The van der Waals surface area contributed by atoms with Gasteiger partial charge in [-0.25, -0.2) is 0 Å². The summed E-state index contributed by atoms with van der Waals surface area (Å²) in [5, 5.41) is 12.4. The van der Waals surface area contributed by atoms with Crippen LogP contribution < -0.4 is 5.32 Å². The first-order valence-electron chi connectivity index (χ1n) is 7.99. The number of nitrogens with zero attached hydrogens (tertiary/aromatic N) is 3. The fourth-order valence-electron chi connectivity index (χ4n) is 2.15. The lowest BCUT2D eigenvalue weighted by atomic mass is 10.1. The topological polar surface area (TPSA) is 58.1 Å². The second kappa shape index (κ2) is 8.17. The van der Waals surface area contributed by atoms with Gasteiger partial charge in [0.25, 0.3) is 5.91 Å². The van der Waals surface area contributed by atoms with Crippen molar-refractivity contribution >= 4 is 22.4 Å². The van der Waals surface area contributed by atoms with E-state index in [9.17, 15) is 4.79 Å². The van der Waals surface area contributed by atoms with Crippen molar-refractivity contribution in [1.29, 1.82) is 0 Å². The molecule has 5 nitrogen and oxygen atoms in total. The standard InChI is InChI=1S/C17H24N4OS/c1-5-21(6-2)11-13-7-9-14(10-8-13)15(22)18-17-20-19-16(23-17)12(3)4/h7-10,12H,5-6,11H2,1-4H3,(H,18,20,22). The predicted octanol–water partition coefficient (Wildman–Crippen LogP) is 3.76. The van der Waals surface area contributed by atoms with Gasteiger partial charge >= 0.3 is 0 Å². The van der Waals surface area contributed by atoms with Crippen LogP contribution in [0, 0.1) is 0 Å². The van der Waals surface area contributed by atoms with Crippen molar-refractivity contribution in [3.63, 3.8) is 0 Å². The third kappa shape index (κ3) is 4.84. The molecule has 0 aliphatic heterocycles. The van der Waals surface area contributed by atoms with Gasteiger partial charge in [-0.3, -0.25) is 15.0 Å². The molecule has 1 aromatic heterocycles. The van der Waals surface area contributed by atoms with Crippen LogP contribution in [0.2, 0.25) is 0 Å². The molecule has 0 saturated heterocycles. The molecule has 0 aliphatic carbocycles. The SMILES string of the molecule is CCN(CC)Cc1ccc(C(=O)Nc2nnc(C(C)C)s2)cc1. The zero-order valence-electron chi connectivity index (χ0n) is 14.2. The Morgan fingerprint density at radius 3 is 2.35 bits per heavy atom. The van der Waals surface area contributed by atoms with Gasteiger partial charge in [-0.2, -0.15) is 0 Å². The quantitative estimate of drug-likeness (QED) is 0.839. The van der Waals surface area contributed by atoms with E-state index >= 15 is 0 Å². The molecule has 1 heterocycles. The van der Waals surface area contributed by atoms with Crippen molar-refractivity contribution in [2.45, 2.75) is 40.2 Å². The first-order chi connectivity index (χ1) is 11.0. The van der Waals surface area contributed by atoms with E-state index in [2.05, 4.69) is 48.1 Å². The van der Waals surface area contributed by atoms with Crippen molar-refractivity contribution in [2.75, 3.05) is 18.4 Å². The number of amides is 1. The van der Waals surface area contributed by atoms with Crippen LogP contribution in [0.4, 0.5) is 5.13 Å². The van der Waals surface area contributed by atoms with Crippen LogP contribution in [0.3, 0.4) is 0 Å². The largest absolute Gasteiger partial charge is 0.300 e. The summed E-state index contributed by atoms with van der Waals surface area (Å²) in [6.07, 6.45) is 0. The van der Waals surface area contributed by atoms with Crippen LogP contribution in [0.15, 0.2) is 24.3 Å². The molecule has 0 spiro atoms. The highest BCUT2D eigenvalue weighted by atomic mass is 32.1. The van der Waals surface area contributed by atoms with Gasteiger partial charge in [0, 0.05) is 18.0 Å². The van der Waals surface area contributed by atoms with Gasteiger partial charge in [0.05, 0.1) is 0 Å². The van der Waals surface area contributed by atoms with E-state index in [1.54, 1.807) is 0 Å². The summed E-state index contributed by atoms with van der Waals surface area (Å²) in [6, 6.07) is 7.73. The van der Waals surface area contributed by atoms with E-state index in [1.165, 1.54) is 16.9 Å². The molecule has 2 rings (SSSR count). The molecule has 6 heteroatoms. The summed E-state index contributed by atoms with van der Waals surface area (Å²) < 4.78 is 0. The average Bonchev–Trinajstić information content (AvgIpc) is 3.02. The molecule has 1 aromatic carbocycles. The molecule has 0 radical (unpaired) electrons. The molecular weight excluding hydrogens is 308 g/mol. The van der Waals surface area contributed by atoms with Crippen molar-refractivity contribution in [3.8, 4) is 0 Å². The number of benzene rings is 1. The summed E-state index contributed by atoms with van der Waals surface area (Å²) in [4.78, 5) is 14.6. The third-order valence-electron chi connectivity index (χ3n) is 3.67. The second-order valence-corrected chi connectivity index (χ2v) is 6.72. The summed E-state index contributed by atoms with van der Waals surface area (Å²) >= 11 is 1.42. The highest BCUT2D eigenvalue weighted by Gasteiger charge is 2.12. The van der Waals surface area contributed by atoms with E-state index in [4.69, 9.17) is 0 Å². The number of nitrogens with one attached hydrogen (secondary N) is 1. The molecule has 1 amide bonds. The van der Waals surface area contributed by atoms with Crippen LogP contribution in [0.5, 0.6) is 0 Å². The maximum absolute atomic E-state index is 12.3. The first kappa shape index (κ1) is 17.6. The molecule has 0 aliphatic rings. The molecule has 124 valence electrons. The van der Waals surface area contributed by atoms with Gasteiger partial charge in [0.1, 0.15) is 5.01 Å². The Hall–Kier alpha value is -1.79. The van der Waals surface area contributed by atoms with Gasteiger partial charge < -0.3 is 0 Å². The fourth-order valence-corrected chi connectivity index (χ4v) is 2.90. The Bertz CT molecular complexity index is 632. The van der Waals surface area contributed by atoms with Gasteiger partial charge in [0.15, 0.2) is 0 Å². The average molecular weight is 332 g/mol. The van der Waals surface area contributed by atoms with Crippen molar-refractivity contribution in [2.24, 2.45) is 0 Å². The third-order valence-corrected chi connectivity index (χ3v) is 4.81. The number of hydrogen-bond acceptors (Lipinski definition) is 5. The Morgan fingerprint density at radius 1 is 1.17 bits per heavy atom. The molecule has 23 heavy (non-hydrogen) atoms. The van der Waals surface area contributed by atoms with Crippen molar-refractivity contribution < 1.29 is 4.79 Å². The fraction of sp³-hybridized carbons (Fsp3) is 0.471. The summed E-state index contributed by atoms with van der Waals surface area (Å²) in [7, 11) is 0. The smallest absolute Gasteiger partial charge is 0.257 e. The minimum absolute atomic E-state index is 0.147. The van der Waals surface area contributed by atoms with Gasteiger partial charge in [-0.05, 0) is 30.8 Å². The van der Waals surface area contributed by atoms with E-state index in [-0.39, 0.29) is 5.91 Å². The van der Waals surface area contributed by atoms with Gasteiger partial charge in [0.2, 0.25) is 5.13 Å². The maximum Gasteiger partial charge on any atom is 0.257 e. The lowest BCUT2D eigenvalue weighted by Crippen LogP contribution is -2.22. The second-order valence-electron chi connectivity index (χ2n) is 5.71. The number of carbonyl (C=O) groups is 1. The molecular formula is C17H24N4OS. The maximum atomic E-state index is 12.3. The number of hydrogen-bond donors (Lipinski definition) is 1. The van der Waals surface area contributed by atoms with Crippen LogP contribution in [-0.4, -0.2) is 34.1 Å². The number of anilines is 1. The lowest BCUT2D eigenvalue weighted by Gasteiger charge is -2.17. The lowest BCUT2D eigenvalue weighted by molar-refractivity contribution is 0.102. The monoisotopic (exact) mass is 332 g/mol. The zero-order chi connectivity index (χ0) is 16.8. The van der Waals surface area contributed by atoms with Crippen LogP contribution in [-0.2, 0) is 6.54 Å². The van der Waals surface area contributed by atoms with E-state index in [0.717, 1.165) is 24.6 Å². The molecule has 2 aromatic rings. The zero-order valence-corrected chi connectivity index (χ0v) is 15.0. The predicted molar refractivity (Wildman–Crippen MR) is 95.0 cm³/mol. The number of rotatable bonds is 7. The Morgan fingerprint density at radius 2 is 1.83 bits per heavy atom. The number of carbonyl (C=O) groups excluding carboxylic acids is 1. The number of aromatic nitrogens is 2. The Kier molecular flexibility index (Phi) is 6.24. The Balaban J connectivity index is 1.99. The molecule has 0 unspecified atom stereocenters. The van der Waals surface area contributed by atoms with Crippen molar-refractivity contribution in [1.82, 2.24) is 15.1 Å². The Labute approximate surface area is 141 Å². The summed E-state index contributed by atoms with van der Waals surface area (Å²) in [5.41, 5.74) is 1.85. The molecule has 0 saturated carbocycles. The van der Waals surface area contributed by atoms with E-state index in [0.29, 0.717) is 16.6 Å². The van der Waals surface area contributed by atoms with E-state index < -0.39 is 0 Å². The van der Waals surface area contributed by atoms with Gasteiger partial charge in [-0.1, -0.05) is 51.2 Å². The minimum Gasteiger partial charge on any atom is -0.300 e. The highest BCUT2D eigenvalue weighted by molar-refractivity contribution is 7.15. The summed E-state index contributed by atoms with van der Waals surface area (Å²) in [6.45, 7) is 11.4. The molecule has 0 atom stereocenters. The molecule has 0 fully saturated rings. The molecule has 0 bridgehead atoms. The van der Waals surface area contributed by atoms with E-state index in [1.807, 2.05) is 24.3 Å².